The van der Waals surface area contributed by atoms with Gasteiger partial charge in [0.2, 0.25) is 15.9 Å². The predicted octanol–water partition coefficient (Wildman–Crippen LogP) is 2.88. The summed E-state index contributed by atoms with van der Waals surface area (Å²) in [6.07, 6.45) is 0.444. The van der Waals surface area contributed by atoms with Crippen molar-refractivity contribution in [2.75, 3.05) is 33.1 Å². The molecule has 152 valence electrons. The van der Waals surface area contributed by atoms with E-state index in [-0.39, 0.29) is 23.8 Å². The Bertz CT molecular complexity index is 916. The molecule has 0 atom stereocenters. The number of sulfonamides is 1. The quantitative estimate of drug-likeness (QED) is 0.687. The van der Waals surface area contributed by atoms with Crippen molar-refractivity contribution in [3.05, 3.63) is 48.3 Å². The summed E-state index contributed by atoms with van der Waals surface area (Å²) < 4.78 is 49.3. The molecule has 2 aromatic rings. The zero-order valence-corrected chi connectivity index (χ0v) is 16.8. The van der Waals surface area contributed by atoms with Gasteiger partial charge in [0.15, 0.2) is 0 Å². The van der Waals surface area contributed by atoms with Crippen molar-refractivity contribution in [1.29, 1.82) is 0 Å². The Morgan fingerprint density at radius 2 is 1.79 bits per heavy atom. The van der Waals surface area contributed by atoms with E-state index in [2.05, 4.69) is 5.32 Å². The van der Waals surface area contributed by atoms with Crippen LogP contribution in [0.3, 0.4) is 0 Å². The molecule has 0 unspecified atom stereocenters. The fourth-order valence-electron chi connectivity index (χ4n) is 2.48. The number of anilines is 1. The summed E-state index contributed by atoms with van der Waals surface area (Å²) in [6, 6.07) is 9.63. The Morgan fingerprint density at radius 3 is 2.39 bits per heavy atom. The lowest BCUT2D eigenvalue weighted by molar-refractivity contribution is -0.116. The summed E-state index contributed by atoms with van der Waals surface area (Å²) in [4.78, 5) is 12.2. The minimum atomic E-state index is -3.73. The Morgan fingerprint density at radius 1 is 1.11 bits per heavy atom. The van der Waals surface area contributed by atoms with E-state index in [1.54, 1.807) is 18.2 Å². The molecule has 0 aliphatic carbocycles. The highest BCUT2D eigenvalue weighted by Gasteiger charge is 2.20. The second-order valence-corrected chi connectivity index (χ2v) is 8.04. The van der Waals surface area contributed by atoms with Crippen molar-refractivity contribution < 1.29 is 27.1 Å². The van der Waals surface area contributed by atoms with Crippen LogP contribution in [0.1, 0.15) is 12.8 Å². The number of benzene rings is 2. The van der Waals surface area contributed by atoms with Crippen LogP contribution in [0.25, 0.3) is 0 Å². The number of carbonyl (C=O) groups is 1. The molecule has 0 saturated heterocycles. The van der Waals surface area contributed by atoms with Crippen LogP contribution in [-0.4, -0.2) is 46.4 Å². The molecule has 2 aromatic carbocycles. The molecular weight excluding hydrogens is 387 g/mol. The molecular formula is C19H23FN2O5S. The lowest BCUT2D eigenvalue weighted by Crippen LogP contribution is -2.28. The highest BCUT2D eigenvalue weighted by Crippen LogP contribution is 2.29. The summed E-state index contributed by atoms with van der Waals surface area (Å²) in [7, 11) is 0.707. The number of hydrogen-bond donors (Lipinski definition) is 1. The van der Waals surface area contributed by atoms with Gasteiger partial charge in [-0.1, -0.05) is 0 Å². The minimum absolute atomic E-state index is 0.00354. The SMILES string of the molecule is COc1ccc(NC(=O)CCCN(C)S(=O)(=O)c2ccc(F)cc2)c(OC)c1. The molecule has 0 fully saturated rings. The molecule has 0 aromatic heterocycles. The highest BCUT2D eigenvalue weighted by atomic mass is 32.2. The van der Waals surface area contributed by atoms with E-state index in [1.807, 2.05) is 0 Å². The fourth-order valence-corrected chi connectivity index (χ4v) is 3.69. The van der Waals surface area contributed by atoms with Crippen LogP contribution in [-0.2, 0) is 14.8 Å². The van der Waals surface area contributed by atoms with Gasteiger partial charge in [0.05, 0.1) is 24.8 Å². The molecule has 9 heteroatoms. The number of nitrogens with one attached hydrogen (secondary N) is 1. The van der Waals surface area contributed by atoms with Crippen LogP contribution in [0.15, 0.2) is 47.4 Å². The Balaban J connectivity index is 1.90. The number of rotatable bonds is 9. The first-order chi connectivity index (χ1) is 13.3. The van der Waals surface area contributed by atoms with Crippen LogP contribution < -0.4 is 14.8 Å². The van der Waals surface area contributed by atoms with E-state index in [9.17, 15) is 17.6 Å². The third-order valence-corrected chi connectivity index (χ3v) is 5.95. The summed E-state index contributed by atoms with van der Waals surface area (Å²) in [5, 5.41) is 2.73. The van der Waals surface area contributed by atoms with E-state index < -0.39 is 15.8 Å². The van der Waals surface area contributed by atoms with Crippen LogP contribution in [0.2, 0.25) is 0 Å². The molecule has 0 aliphatic rings. The van der Waals surface area contributed by atoms with Gasteiger partial charge in [-0.15, -0.1) is 0 Å². The monoisotopic (exact) mass is 410 g/mol. The lowest BCUT2D eigenvalue weighted by atomic mass is 10.2. The van der Waals surface area contributed by atoms with Crippen LogP contribution in [0, 0.1) is 5.82 Å². The lowest BCUT2D eigenvalue weighted by Gasteiger charge is -2.17. The summed E-state index contributed by atoms with van der Waals surface area (Å²) in [5.74, 6) is 0.287. The number of amides is 1. The predicted molar refractivity (Wildman–Crippen MR) is 104 cm³/mol. The van der Waals surface area contributed by atoms with Gasteiger partial charge in [-0.3, -0.25) is 4.79 Å². The van der Waals surface area contributed by atoms with E-state index >= 15 is 0 Å². The second kappa shape index (κ2) is 9.52. The Hall–Kier alpha value is -2.65. The van der Waals surface area contributed by atoms with E-state index in [0.717, 1.165) is 16.4 Å². The van der Waals surface area contributed by atoms with Gasteiger partial charge in [-0.05, 0) is 42.8 Å². The summed E-state index contributed by atoms with van der Waals surface area (Å²) >= 11 is 0. The molecule has 0 radical (unpaired) electrons. The van der Waals surface area contributed by atoms with Gasteiger partial charge in [-0.25, -0.2) is 17.1 Å². The molecule has 2 rings (SSSR count). The van der Waals surface area contributed by atoms with Crippen molar-refractivity contribution in [3.63, 3.8) is 0 Å². The minimum Gasteiger partial charge on any atom is -0.497 e. The third kappa shape index (κ3) is 5.43. The van der Waals surface area contributed by atoms with Crippen LogP contribution in [0.4, 0.5) is 10.1 Å². The maximum absolute atomic E-state index is 13.0. The zero-order valence-electron chi connectivity index (χ0n) is 15.9. The first-order valence-electron chi connectivity index (χ1n) is 8.51. The molecule has 0 aliphatic heterocycles. The Kier molecular flexibility index (Phi) is 7.36. The largest absolute Gasteiger partial charge is 0.497 e. The zero-order chi connectivity index (χ0) is 20.7. The number of nitrogens with zero attached hydrogens (tertiary/aromatic N) is 1. The van der Waals surface area contributed by atoms with E-state index in [4.69, 9.17) is 9.47 Å². The molecule has 0 bridgehead atoms. The molecule has 0 heterocycles. The number of ether oxygens (including phenoxy) is 2. The van der Waals surface area contributed by atoms with Crippen molar-refractivity contribution in [2.45, 2.75) is 17.7 Å². The summed E-state index contributed by atoms with van der Waals surface area (Å²) in [6.45, 7) is 0.146. The van der Waals surface area contributed by atoms with Crippen LogP contribution >= 0.6 is 0 Å². The van der Waals surface area contributed by atoms with Crippen LogP contribution in [0.5, 0.6) is 11.5 Å². The Labute approximate surface area is 164 Å². The molecule has 1 N–H and O–H groups in total. The molecule has 0 spiro atoms. The first-order valence-corrected chi connectivity index (χ1v) is 9.95. The number of carbonyl (C=O) groups excluding carboxylic acids is 1. The molecule has 7 nitrogen and oxygen atoms in total. The van der Waals surface area contributed by atoms with Gasteiger partial charge in [0.1, 0.15) is 17.3 Å². The van der Waals surface area contributed by atoms with Crippen molar-refractivity contribution in [2.24, 2.45) is 0 Å². The highest BCUT2D eigenvalue weighted by molar-refractivity contribution is 7.89. The van der Waals surface area contributed by atoms with Gasteiger partial charge < -0.3 is 14.8 Å². The van der Waals surface area contributed by atoms with Gasteiger partial charge in [0, 0.05) is 26.1 Å². The van der Waals surface area contributed by atoms with Crippen molar-refractivity contribution >= 4 is 21.6 Å². The second-order valence-electron chi connectivity index (χ2n) is 6.00. The summed E-state index contributed by atoms with van der Waals surface area (Å²) in [5.41, 5.74) is 0.501. The van der Waals surface area contributed by atoms with E-state index in [0.29, 0.717) is 23.6 Å². The maximum atomic E-state index is 13.0. The first kappa shape index (κ1) is 21.6. The number of methoxy groups -OCH3 is 2. The van der Waals surface area contributed by atoms with Gasteiger partial charge >= 0.3 is 0 Å². The smallest absolute Gasteiger partial charge is 0.242 e. The molecule has 0 saturated carbocycles. The third-order valence-electron chi connectivity index (χ3n) is 4.08. The van der Waals surface area contributed by atoms with Gasteiger partial charge in [0.25, 0.3) is 0 Å². The number of halogens is 1. The van der Waals surface area contributed by atoms with Gasteiger partial charge in [-0.2, -0.15) is 0 Å². The molecule has 28 heavy (non-hydrogen) atoms. The molecule has 1 amide bonds. The fraction of sp³-hybridized carbons (Fsp3) is 0.316. The maximum Gasteiger partial charge on any atom is 0.242 e. The topological polar surface area (TPSA) is 84.9 Å². The normalized spacial score (nSPS) is 11.3. The standard InChI is InChI=1S/C19H23FN2O5S/c1-22(28(24,25)16-9-6-14(20)7-10-16)12-4-5-19(23)21-17-11-8-15(26-2)13-18(17)27-3/h6-11,13H,4-5,12H2,1-3H3,(H,21,23). The average Bonchev–Trinajstić information content (AvgIpc) is 2.68. The number of hydrogen-bond acceptors (Lipinski definition) is 5. The van der Waals surface area contributed by atoms with Crippen molar-refractivity contribution in [1.82, 2.24) is 4.31 Å². The van der Waals surface area contributed by atoms with Crippen molar-refractivity contribution in [3.8, 4) is 11.5 Å². The average molecular weight is 410 g/mol. The van der Waals surface area contributed by atoms with E-state index in [1.165, 1.54) is 33.4 Å².